The highest BCUT2D eigenvalue weighted by Crippen LogP contribution is 2.43. The van der Waals surface area contributed by atoms with Crippen LogP contribution < -0.4 is 10.1 Å². The Morgan fingerprint density at radius 1 is 1.03 bits per heavy atom. The van der Waals surface area contributed by atoms with Crippen molar-refractivity contribution in [3.63, 3.8) is 0 Å². The van der Waals surface area contributed by atoms with Gasteiger partial charge >= 0.3 is 0 Å². The van der Waals surface area contributed by atoms with Crippen LogP contribution in [-0.4, -0.2) is 50.8 Å². The quantitative estimate of drug-likeness (QED) is 0.454. The molecule has 2 aliphatic heterocycles. The van der Waals surface area contributed by atoms with Crippen LogP contribution >= 0.6 is 11.3 Å². The molecule has 3 fully saturated rings. The molecule has 1 aliphatic carbocycles. The molecule has 0 spiro atoms. The van der Waals surface area contributed by atoms with Crippen LogP contribution in [0.4, 0.5) is 0 Å². The van der Waals surface area contributed by atoms with Gasteiger partial charge in [0.25, 0.3) is 0 Å². The summed E-state index contributed by atoms with van der Waals surface area (Å²) in [6.07, 6.45) is 12.4. The summed E-state index contributed by atoms with van der Waals surface area (Å²) in [4.78, 5) is 5.77. The lowest BCUT2D eigenvalue weighted by Crippen LogP contribution is -2.43. The minimum atomic E-state index is 0.386. The van der Waals surface area contributed by atoms with E-state index >= 15 is 0 Å². The summed E-state index contributed by atoms with van der Waals surface area (Å²) in [7, 11) is 0. The Morgan fingerprint density at radius 2 is 1.91 bits per heavy atom. The van der Waals surface area contributed by atoms with Gasteiger partial charge in [0.05, 0.1) is 34.7 Å². The first-order chi connectivity index (χ1) is 16.3. The van der Waals surface area contributed by atoms with Crippen molar-refractivity contribution in [2.24, 2.45) is 0 Å². The molecule has 1 N–H and O–H groups in total. The Labute approximate surface area is 195 Å². The summed E-state index contributed by atoms with van der Waals surface area (Å²) in [5, 5.41) is 12.8. The van der Waals surface area contributed by atoms with Gasteiger partial charge in [-0.3, -0.25) is 14.3 Å². The smallest absolute Gasteiger partial charge is 0.168 e. The van der Waals surface area contributed by atoms with Gasteiger partial charge in [0.15, 0.2) is 5.75 Å². The second-order valence-corrected chi connectivity index (χ2v) is 10.3. The van der Waals surface area contributed by atoms with Gasteiger partial charge in [0, 0.05) is 61.1 Å². The SMILES string of the molecule is c1cc(Oc2cn(C3CC3)nc2C2CCOCC2)c2sc(-c3cnn(C4CNC4)c3)cc2n1. The van der Waals surface area contributed by atoms with Crippen LogP contribution in [0.3, 0.4) is 0 Å². The molecule has 4 aromatic rings. The molecule has 4 aromatic heterocycles. The molecule has 2 saturated heterocycles. The van der Waals surface area contributed by atoms with Gasteiger partial charge in [-0.05, 0) is 31.7 Å². The number of ether oxygens (including phenoxy) is 2. The van der Waals surface area contributed by atoms with Crippen LogP contribution in [-0.2, 0) is 4.74 Å². The number of thiophene rings is 1. The van der Waals surface area contributed by atoms with Crippen molar-refractivity contribution in [1.82, 2.24) is 29.9 Å². The molecule has 6 heterocycles. The lowest BCUT2D eigenvalue weighted by atomic mass is 9.96. The third kappa shape index (κ3) is 3.64. The molecule has 3 aliphatic rings. The fourth-order valence-electron chi connectivity index (χ4n) is 4.63. The topological polar surface area (TPSA) is 79.0 Å². The van der Waals surface area contributed by atoms with E-state index in [2.05, 4.69) is 43.2 Å². The maximum atomic E-state index is 6.57. The average molecular weight is 463 g/mol. The Balaban J connectivity index is 1.22. The number of fused-ring (bicyclic) bond motifs is 1. The number of pyridine rings is 1. The summed E-state index contributed by atoms with van der Waals surface area (Å²) in [6.45, 7) is 3.55. The van der Waals surface area contributed by atoms with Crippen molar-refractivity contribution in [1.29, 1.82) is 0 Å². The van der Waals surface area contributed by atoms with E-state index in [-0.39, 0.29) is 0 Å². The van der Waals surface area contributed by atoms with Crippen LogP contribution in [0.5, 0.6) is 11.5 Å². The molecule has 33 heavy (non-hydrogen) atoms. The van der Waals surface area contributed by atoms with Gasteiger partial charge < -0.3 is 14.8 Å². The van der Waals surface area contributed by atoms with E-state index in [1.807, 2.05) is 18.5 Å². The zero-order chi connectivity index (χ0) is 21.8. The fraction of sp³-hybridized carbons (Fsp3) is 0.458. The van der Waals surface area contributed by atoms with E-state index in [0.29, 0.717) is 18.0 Å². The Kier molecular flexibility index (Phi) is 4.73. The number of aromatic nitrogens is 5. The minimum Gasteiger partial charge on any atom is -0.452 e. The summed E-state index contributed by atoms with van der Waals surface area (Å²) >= 11 is 1.71. The summed E-state index contributed by atoms with van der Waals surface area (Å²) in [5.41, 5.74) is 3.15. The van der Waals surface area contributed by atoms with Crippen molar-refractivity contribution in [2.45, 2.75) is 43.7 Å². The Morgan fingerprint density at radius 3 is 2.70 bits per heavy atom. The van der Waals surface area contributed by atoms with Crippen LogP contribution in [0.2, 0.25) is 0 Å². The third-order valence-corrected chi connectivity index (χ3v) is 8.06. The third-order valence-electron chi connectivity index (χ3n) is 6.87. The number of hydrogen-bond acceptors (Lipinski definition) is 7. The second kappa shape index (κ2) is 7.93. The van der Waals surface area contributed by atoms with Crippen molar-refractivity contribution in [3.8, 4) is 21.9 Å². The molecule has 0 radical (unpaired) electrons. The molecular weight excluding hydrogens is 436 g/mol. The molecule has 0 bridgehead atoms. The lowest BCUT2D eigenvalue weighted by Gasteiger charge is -2.27. The molecule has 0 amide bonds. The summed E-state index contributed by atoms with van der Waals surface area (Å²) in [5.74, 6) is 2.11. The minimum absolute atomic E-state index is 0.386. The average Bonchev–Trinajstić information content (AvgIpc) is 3.20. The number of rotatable bonds is 6. The second-order valence-electron chi connectivity index (χ2n) is 9.23. The first-order valence-electron chi connectivity index (χ1n) is 11.8. The fourth-order valence-corrected chi connectivity index (χ4v) is 5.67. The van der Waals surface area contributed by atoms with Gasteiger partial charge in [0.2, 0.25) is 0 Å². The largest absolute Gasteiger partial charge is 0.452 e. The first-order valence-corrected chi connectivity index (χ1v) is 12.6. The van der Waals surface area contributed by atoms with Crippen molar-refractivity contribution in [2.75, 3.05) is 26.3 Å². The Bertz CT molecular complexity index is 1300. The maximum absolute atomic E-state index is 6.57. The molecule has 170 valence electrons. The highest BCUT2D eigenvalue weighted by Gasteiger charge is 2.30. The molecule has 1 saturated carbocycles. The van der Waals surface area contributed by atoms with Crippen LogP contribution in [0.1, 0.15) is 49.4 Å². The first kappa shape index (κ1) is 19.7. The van der Waals surface area contributed by atoms with Crippen molar-refractivity contribution >= 4 is 21.6 Å². The lowest BCUT2D eigenvalue weighted by molar-refractivity contribution is 0.0839. The van der Waals surface area contributed by atoms with Crippen LogP contribution in [0.15, 0.2) is 36.9 Å². The molecule has 0 unspecified atom stereocenters. The van der Waals surface area contributed by atoms with Gasteiger partial charge in [-0.2, -0.15) is 10.2 Å². The number of nitrogens with zero attached hydrogens (tertiary/aromatic N) is 5. The number of hydrogen-bond donors (Lipinski definition) is 1. The summed E-state index contributed by atoms with van der Waals surface area (Å²) < 4.78 is 17.4. The molecule has 7 rings (SSSR count). The Hall–Kier alpha value is -2.75. The predicted octanol–water partition coefficient (Wildman–Crippen LogP) is 4.52. The highest BCUT2D eigenvalue weighted by atomic mass is 32.1. The predicted molar refractivity (Wildman–Crippen MR) is 126 cm³/mol. The molecule has 8 nitrogen and oxygen atoms in total. The van der Waals surface area contributed by atoms with Crippen LogP contribution in [0, 0.1) is 0 Å². The summed E-state index contributed by atoms with van der Waals surface area (Å²) in [6, 6.07) is 5.08. The van der Waals surface area contributed by atoms with E-state index in [1.165, 1.54) is 12.8 Å². The number of nitrogens with one attached hydrogen (secondary N) is 1. The van der Waals surface area contributed by atoms with Crippen LogP contribution in [0.25, 0.3) is 20.7 Å². The molecular formula is C24H26N6O2S. The highest BCUT2D eigenvalue weighted by molar-refractivity contribution is 7.22. The maximum Gasteiger partial charge on any atom is 0.168 e. The molecule has 0 aromatic carbocycles. The van der Waals surface area contributed by atoms with Crippen molar-refractivity contribution < 1.29 is 9.47 Å². The zero-order valence-electron chi connectivity index (χ0n) is 18.3. The van der Waals surface area contributed by atoms with E-state index in [9.17, 15) is 0 Å². The van der Waals surface area contributed by atoms with Crippen molar-refractivity contribution in [3.05, 3.63) is 42.6 Å². The van der Waals surface area contributed by atoms with E-state index in [1.54, 1.807) is 11.3 Å². The van der Waals surface area contributed by atoms with E-state index < -0.39 is 0 Å². The van der Waals surface area contributed by atoms with Gasteiger partial charge in [-0.15, -0.1) is 11.3 Å². The van der Waals surface area contributed by atoms with Gasteiger partial charge in [-0.25, -0.2) is 0 Å². The standard InChI is InChI=1S/C24H26N6O2S/c1-2-17(1)30-14-21(23(28-30)15-4-7-31-8-5-15)32-20-3-6-26-19-9-22(33-24(19)20)16-10-27-29(13-16)18-11-25-12-18/h3,6,9-10,13-15,17-18,25H,1-2,4-5,7-8,11-12H2. The van der Waals surface area contributed by atoms with E-state index in [0.717, 1.165) is 77.0 Å². The normalized spacial score (nSPS) is 19.8. The molecule has 9 heteroatoms. The monoisotopic (exact) mass is 462 g/mol. The zero-order valence-corrected chi connectivity index (χ0v) is 19.1. The van der Waals surface area contributed by atoms with Gasteiger partial charge in [0.1, 0.15) is 11.4 Å². The molecule has 0 atom stereocenters. The van der Waals surface area contributed by atoms with Gasteiger partial charge in [-0.1, -0.05) is 0 Å². The van der Waals surface area contributed by atoms with E-state index in [4.69, 9.17) is 14.6 Å².